The molecule has 2 nitrogen and oxygen atoms in total. The van der Waals surface area contributed by atoms with Crippen LogP contribution in [-0.4, -0.2) is 18.5 Å². The highest BCUT2D eigenvalue weighted by Crippen LogP contribution is 2.37. The van der Waals surface area contributed by atoms with E-state index in [2.05, 4.69) is 15.9 Å². The second-order valence-corrected chi connectivity index (χ2v) is 6.38. The second kappa shape index (κ2) is 10.0. The summed E-state index contributed by atoms with van der Waals surface area (Å²) in [5, 5.41) is 1.76. The summed E-state index contributed by atoms with van der Waals surface area (Å²) >= 11 is 26.6. The van der Waals surface area contributed by atoms with Crippen molar-refractivity contribution < 1.29 is 9.47 Å². The van der Waals surface area contributed by atoms with Gasteiger partial charge in [-0.05, 0) is 18.9 Å². The maximum atomic E-state index is 6.12. The highest BCUT2D eigenvalue weighted by molar-refractivity contribution is 9.09. The molecule has 7 heteroatoms. The molecule has 1 rings (SSSR count). The Kier molecular flexibility index (Phi) is 9.14. The summed E-state index contributed by atoms with van der Waals surface area (Å²) in [6, 6.07) is 3.28. The van der Waals surface area contributed by atoms with E-state index in [1.54, 1.807) is 12.1 Å². The quantitative estimate of drug-likeness (QED) is 0.364. The van der Waals surface area contributed by atoms with E-state index in [9.17, 15) is 0 Å². The number of alkyl halides is 1. The minimum absolute atomic E-state index is 0.147. The summed E-state index contributed by atoms with van der Waals surface area (Å²) in [5.74, 6) is 1.000. The number of hydrogen-bond donors (Lipinski definition) is 0. The van der Waals surface area contributed by atoms with Crippen molar-refractivity contribution in [3.63, 3.8) is 0 Å². The first-order chi connectivity index (χ1) is 9.54. The summed E-state index contributed by atoms with van der Waals surface area (Å²) in [6.07, 6.45) is 3.48. The molecule has 0 aromatic heterocycles. The molecule has 0 saturated carbocycles. The van der Waals surface area contributed by atoms with E-state index in [-0.39, 0.29) is 11.1 Å². The first-order valence-electron chi connectivity index (χ1n) is 5.86. The third-order valence-electron chi connectivity index (χ3n) is 2.23. The van der Waals surface area contributed by atoms with Gasteiger partial charge in [0.05, 0.1) is 16.7 Å². The summed E-state index contributed by atoms with van der Waals surface area (Å²) in [7, 11) is 0. The molecule has 0 aliphatic rings. The van der Waals surface area contributed by atoms with Crippen LogP contribution in [0.2, 0.25) is 10.0 Å². The Morgan fingerprint density at radius 1 is 1.10 bits per heavy atom. The lowest BCUT2D eigenvalue weighted by atomic mass is 10.3. The lowest BCUT2D eigenvalue weighted by Crippen LogP contribution is -2.00. The molecule has 0 aliphatic carbocycles. The number of hydrogen-bond acceptors (Lipinski definition) is 2. The van der Waals surface area contributed by atoms with E-state index < -0.39 is 0 Å². The highest BCUT2D eigenvalue weighted by atomic mass is 79.9. The molecule has 0 unspecified atom stereocenters. The van der Waals surface area contributed by atoms with Crippen LogP contribution < -0.4 is 9.47 Å². The molecule has 0 spiro atoms. The molecule has 0 aliphatic heterocycles. The average molecular weight is 423 g/mol. The van der Waals surface area contributed by atoms with E-state index in [4.69, 9.17) is 55.9 Å². The van der Waals surface area contributed by atoms with Crippen LogP contribution in [0.15, 0.2) is 22.7 Å². The third-order valence-corrected chi connectivity index (χ3v) is 3.66. The summed E-state index contributed by atoms with van der Waals surface area (Å²) in [5.41, 5.74) is 0. The van der Waals surface area contributed by atoms with Crippen molar-refractivity contribution in [3.8, 4) is 11.5 Å². The maximum absolute atomic E-state index is 6.12. The molecule has 20 heavy (non-hydrogen) atoms. The minimum Gasteiger partial charge on any atom is -0.490 e. The van der Waals surface area contributed by atoms with Crippen LogP contribution in [0.1, 0.15) is 12.8 Å². The molecule has 0 N–H and O–H groups in total. The van der Waals surface area contributed by atoms with Crippen molar-refractivity contribution in [2.75, 3.05) is 18.5 Å². The van der Waals surface area contributed by atoms with E-state index in [0.717, 1.165) is 18.2 Å². The predicted molar refractivity (Wildman–Crippen MR) is 90.3 cm³/mol. The molecule has 0 amide bonds. The van der Waals surface area contributed by atoms with Gasteiger partial charge in [0.15, 0.2) is 5.75 Å². The number of ether oxygens (including phenoxy) is 2. The summed E-state index contributed by atoms with van der Waals surface area (Å²) < 4.78 is 11.1. The standard InChI is InChI=1S/C13H13BrCl4O2/c14-4-1-2-5-20-13-10(15)7-9(8-11(13)16)19-6-3-12(17)18/h3,7-8H,1-2,4-6H2. The first-order valence-corrected chi connectivity index (χ1v) is 8.49. The van der Waals surface area contributed by atoms with Crippen LogP contribution in [0.5, 0.6) is 11.5 Å². The molecular weight excluding hydrogens is 410 g/mol. The number of unbranched alkanes of at least 4 members (excludes halogenated alkanes) is 1. The lowest BCUT2D eigenvalue weighted by Gasteiger charge is -2.12. The van der Waals surface area contributed by atoms with Crippen LogP contribution in [0.25, 0.3) is 0 Å². The van der Waals surface area contributed by atoms with Crippen molar-refractivity contribution in [1.29, 1.82) is 0 Å². The maximum Gasteiger partial charge on any atom is 0.156 e. The van der Waals surface area contributed by atoms with E-state index >= 15 is 0 Å². The zero-order chi connectivity index (χ0) is 15.0. The molecule has 1 aromatic carbocycles. The van der Waals surface area contributed by atoms with Crippen molar-refractivity contribution in [2.45, 2.75) is 12.8 Å². The minimum atomic E-state index is 0.147. The van der Waals surface area contributed by atoms with E-state index in [0.29, 0.717) is 28.2 Å². The van der Waals surface area contributed by atoms with Gasteiger partial charge in [0.25, 0.3) is 0 Å². The summed E-state index contributed by atoms with van der Waals surface area (Å²) in [4.78, 5) is 0. The number of rotatable bonds is 8. The fraction of sp³-hybridized carbons (Fsp3) is 0.385. The molecule has 0 radical (unpaired) electrons. The van der Waals surface area contributed by atoms with Gasteiger partial charge in [0, 0.05) is 17.5 Å². The van der Waals surface area contributed by atoms with Gasteiger partial charge >= 0.3 is 0 Å². The Labute approximate surface area is 147 Å². The van der Waals surface area contributed by atoms with Gasteiger partial charge in [-0.3, -0.25) is 0 Å². The highest BCUT2D eigenvalue weighted by Gasteiger charge is 2.10. The fourth-order valence-electron chi connectivity index (χ4n) is 1.33. The first kappa shape index (κ1) is 18.2. The molecule has 112 valence electrons. The van der Waals surface area contributed by atoms with Crippen molar-refractivity contribution in [2.24, 2.45) is 0 Å². The van der Waals surface area contributed by atoms with Gasteiger partial charge in [-0.2, -0.15) is 0 Å². The predicted octanol–water partition coefficient (Wildman–Crippen LogP) is 6.25. The smallest absolute Gasteiger partial charge is 0.156 e. The molecule has 0 saturated heterocycles. The molecule has 1 aromatic rings. The zero-order valence-electron chi connectivity index (χ0n) is 10.5. The topological polar surface area (TPSA) is 18.5 Å². The van der Waals surface area contributed by atoms with Crippen LogP contribution in [0, 0.1) is 0 Å². The van der Waals surface area contributed by atoms with Crippen LogP contribution in [0.3, 0.4) is 0 Å². The summed E-state index contributed by atoms with van der Waals surface area (Å²) in [6.45, 7) is 0.802. The lowest BCUT2D eigenvalue weighted by molar-refractivity contribution is 0.309. The average Bonchev–Trinajstić information content (AvgIpc) is 2.36. The van der Waals surface area contributed by atoms with Gasteiger partial charge in [0.2, 0.25) is 0 Å². The van der Waals surface area contributed by atoms with Gasteiger partial charge < -0.3 is 9.47 Å². The van der Waals surface area contributed by atoms with Gasteiger partial charge in [0.1, 0.15) is 16.8 Å². The Morgan fingerprint density at radius 2 is 1.75 bits per heavy atom. The second-order valence-electron chi connectivity index (χ2n) is 3.77. The molecule has 0 atom stereocenters. The van der Waals surface area contributed by atoms with Crippen molar-refractivity contribution in [3.05, 3.63) is 32.7 Å². The van der Waals surface area contributed by atoms with Gasteiger partial charge in [-0.1, -0.05) is 62.3 Å². The van der Waals surface area contributed by atoms with E-state index in [1.165, 1.54) is 6.08 Å². The fourth-order valence-corrected chi connectivity index (χ4v) is 2.43. The largest absolute Gasteiger partial charge is 0.490 e. The van der Waals surface area contributed by atoms with Gasteiger partial charge in [-0.15, -0.1) is 0 Å². The van der Waals surface area contributed by atoms with E-state index in [1.807, 2.05) is 0 Å². The normalized spacial score (nSPS) is 10.2. The number of benzene rings is 1. The third kappa shape index (κ3) is 6.77. The molecule has 0 fully saturated rings. The van der Waals surface area contributed by atoms with Crippen molar-refractivity contribution >= 4 is 62.3 Å². The van der Waals surface area contributed by atoms with Crippen molar-refractivity contribution in [1.82, 2.24) is 0 Å². The zero-order valence-corrected chi connectivity index (χ0v) is 15.1. The Balaban J connectivity index is 2.63. The Morgan fingerprint density at radius 3 is 2.30 bits per heavy atom. The Bertz CT molecular complexity index is 439. The molecular formula is C13H13BrCl4O2. The van der Waals surface area contributed by atoms with Crippen LogP contribution >= 0.6 is 62.3 Å². The molecule has 0 bridgehead atoms. The Hall–Kier alpha value is 0.200. The molecule has 0 heterocycles. The number of halogens is 5. The van der Waals surface area contributed by atoms with Crippen LogP contribution in [-0.2, 0) is 0 Å². The SMILES string of the molecule is ClC(Cl)=CCOc1cc(Cl)c(OCCCCBr)c(Cl)c1. The monoisotopic (exact) mass is 420 g/mol. The van der Waals surface area contributed by atoms with Gasteiger partial charge in [-0.25, -0.2) is 0 Å². The van der Waals surface area contributed by atoms with Crippen LogP contribution in [0.4, 0.5) is 0 Å².